The quantitative estimate of drug-likeness (QED) is 0.828. The molecule has 0 spiro atoms. The first-order valence-electron chi connectivity index (χ1n) is 5.58. The van der Waals surface area contributed by atoms with Gasteiger partial charge in [0.15, 0.2) is 0 Å². The van der Waals surface area contributed by atoms with Crippen LogP contribution in [0.4, 0.5) is 0 Å². The maximum atomic E-state index is 5.87. The Morgan fingerprint density at radius 3 is 2.83 bits per heavy atom. The Kier molecular flexibility index (Phi) is 5.07. The smallest absolute Gasteiger partial charge is 0.110 e. The summed E-state index contributed by atoms with van der Waals surface area (Å²) < 4.78 is 8.99. The van der Waals surface area contributed by atoms with Gasteiger partial charge in [0, 0.05) is 30.8 Å². The summed E-state index contributed by atoms with van der Waals surface area (Å²) in [7, 11) is 1.69. The maximum absolute atomic E-state index is 5.87. The number of rotatable bonds is 6. The predicted molar refractivity (Wildman–Crippen MR) is 73.9 cm³/mol. The fourth-order valence-electron chi connectivity index (χ4n) is 1.53. The third kappa shape index (κ3) is 3.49. The lowest BCUT2D eigenvalue weighted by molar-refractivity contribution is 0.199. The Hall–Kier alpha value is -1.01. The van der Waals surface area contributed by atoms with E-state index in [2.05, 4.69) is 14.9 Å². The molecule has 0 amide bonds. The van der Waals surface area contributed by atoms with Crippen LogP contribution in [0.3, 0.4) is 0 Å². The molecule has 2 aromatic rings. The van der Waals surface area contributed by atoms with E-state index in [4.69, 9.17) is 16.3 Å². The van der Waals surface area contributed by atoms with Gasteiger partial charge in [-0.2, -0.15) is 0 Å². The monoisotopic (exact) mass is 283 g/mol. The molecule has 1 aromatic heterocycles. The zero-order valence-corrected chi connectivity index (χ0v) is 11.6. The van der Waals surface area contributed by atoms with Crippen molar-refractivity contribution < 1.29 is 4.74 Å². The van der Waals surface area contributed by atoms with Crippen molar-refractivity contribution in [2.75, 3.05) is 20.3 Å². The molecule has 18 heavy (non-hydrogen) atoms. The Morgan fingerprint density at radius 1 is 1.33 bits per heavy atom. The fraction of sp³-hybridized carbons (Fsp3) is 0.333. The summed E-state index contributed by atoms with van der Waals surface area (Å²) >= 11 is 7.28. The predicted octanol–water partition coefficient (Wildman–Crippen LogP) is 2.59. The topological polar surface area (TPSA) is 47.0 Å². The van der Waals surface area contributed by atoms with Crippen LogP contribution in [0.5, 0.6) is 0 Å². The maximum Gasteiger partial charge on any atom is 0.110 e. The molecule has 0 fully saturated rings. The lowest BCUT2D eigenvalue weighted by Crippen LogP contribution is -2.18. The minimum absolute atomic E-state index is 0.697. The fourth-order valence-corrected chi connectivity index (χ4v) is 2.29. The molecular formula is C12H14ClN3OS. The van der Waals surface area contributed by atoms with Crippen molar-refractivity contribution in [2.45, 2.75) is 6.54 Å². The van der Waals surface area contributed by atoms with Crippen LogP contribution in [0.2, 0.25) is 5.02 Å². The molecule has 1 heterocycles. The van der Waals surface area contributed by atoms with E-state index in [9.17, 15) is 0 Å². The van der Waals surface area contributed by atoms with Gasteiger partial charge in [0.1, 0.15) is 5.69 Å². The van der Waals surface area contributed by atoms with Crippen LogP contribution in [0.15, 0.2) is 24.3 Å². The van der Waals surface area contributed by atoms with Gasteiger partial charge < -0.3 is 10.1 Å². The molecule has 0 saturated heterocycles. The molecule has 0 radical (unpaired) electrons. The average molecular weight is 284 g/mol. The summed E-state index contributed by atoms with van der Waals surface area (Å²) in [5.41, 5.74) is 1.96. The second-order valence-corrected chi connectivity index (χ2v) is 5.00. The third-order valence-corrected chi connectivity index (χ3v) is 3.42. The lowest BCUT2D eigenvalue weighted by atomic mass is 10.1. The van der Waals surface area contributed by atoms with E-state index >= 15 is 0 Å². The minimum atomic E-state index is 0.697. The van der Waals surface area contributed by atoms with Crippen LogP contribution in [-0.2, 0) is 11.3 Å². The number of nitrogens with zero attached hydrogens (tertiary/aromatic N) is 2. The zero-order chi connectivity index (χ0) is 12.8. The van der Waals surface area contributed by atoms with Crippen LogP contribution in [0.1, 0.15) is 4.88 Å². The van der Waals surface area contributed by atoms with E-state index in [-0.39, 0.29) is 0 Å². The van der Waals surface area contributed by atoms with E-state index in [1.54, 1.807) is 7.11 Å². The molecule has 0 aliphatic heterocycles. The number of hydrogen-bond acceptors (Lipinski definition) is 5. The Bertz CT molecular complexity index is 486. The van der Waals surface area contributed by atoms with Gasteiger partial charge in [-0.1, -0.05) is 28.2 Å². The summed E-state index contributed by atoms with van der Waals surface area (Å²) in [5.74, 6) is 0. The van der Waals surface area contributed by atoms with Gasteiger partial charge in [-0.3, -0.25) is 0 Å². The van der Waals surface area contributed by atoms with E-state index < -0.39 is 0 Å². The number of halogens is 1. The van der Waals surface area contributed by atoms with Gasteiger partial charge in [-0.25, -0.2) is 0 Å². The number of hydrogen-bond donors (Lipinski definition) is 1. The van der Waals surface area contributed by atoms with Crippen molar-refractivity contribution in [3.05, 3.63) is 34.2 Å². The molecule has 0 bridgehead atoms. The van der Waals surface area contributed by atoms with Crippen molar-refractivity contribution in [1.82, 2.24) is 14.9 Å². The Morgan fingerprint density at radius 2 is 2.11 bits per heavy atom. The summed E-state index contributed by atoms with van der Waals surface area (Å²) in [4.78, 5) is 1.12. The Labute approximate surface area is 115 Å². The van der Waals surface area contributed by atoms with Crippen molar-refractivity contribution in [1.29, 1.82) is 0 Å². The van der Waals surface area contributed by atoms with E-state index in [1.807, 2.05) is 24.3 Å². The largest absolute Gasteiger partial charge is 0.383 e. The van der Waals surface area contributed by atoms with Crippen molar-refractivity contribution in [3.63, 3.8) is 0 Å². The first kappa shape index (κ1) is 13.4. The highest BCUT2D eigenvalue weighted by Gasteiger charge is 2.09. The number of benzene rings is 1. The summed E-state index contributed by atoms with van der Waals surface area (Å²) in [6, 6.07) is 7.63. The zero-order valence-electron chi connectivity index (χ0n) is 10.0. The van der Waals surface area contributed by atoms with Gasteiger partial charge in [0.05, 0.1) is 11.5 Å². The minimum Gasteiger partial charge on any atom is -0.383 e. The highest BCUT2D eigenvalue weighted by atomic mass is 35.5. The van der Waals surface area contributed by atoms with Gasteiger partial charge in [-0.15, -0.1) is 5.10 Å². The molecule has 1 N–H and O–H groups in total. The normalized spacial score (nSPS) is 10.8. The van der Waals surface area contributed by atoms with Gasteiger partial charge >= 0.3 is 0 Å². The summed E-state index contributed by atoms with van der Waals surface area (Å²) in [6.07, 6.45) is 0. The van der Waals surface area contributed by atoms with Crippen LogP contribution in [0, 0.1) is 0 Å². The number of nitrogens with one attached hydrogen (secondary N) is 1. The second-order valence-electron chi connectivity index (χ2n) is 3.72. The molecule has 4 nitrogen and oxygen atoms in total. The first-order chi connectivity index (χ1) is 8.81. The molecule has 0 atom stereocenters. The van der Waals surface area contributed by atoms with Crippen LogP contribution in [-0.4, -0.2) is 29.8 Å². The van der Waals surface area contributed by atoms with Crippen LogP contribution >= 0.6 is 23.1 Å². The second kappa shape index (κ2) is 6.80. The number of methoxy groups -OCH3 is 1. The van der Waals surface area contributed by atoms with Gasteiger partial charge in [0.25, 0.3) is 0 Å². The lowest BCUT2D eigenvalue weighted by Gasteiger charge is -2.03. The molecule has 96 valence electrons. The van der Waals surface area contributed by atoms with Crippen LogP contribution in [0.25, 0.3) is 11.3 Å². The molecule has 6 heteroatoms. The van der Waals surface area contributed by atoms with Crippen molar-refractivity contribution in [2.24, 2.45) is 0 Å². The molecule has 0 saturated carbocycles. The molecule has 0 aliphatic rings. The van der Waals surface area contributed by atoms with Gasteiger partial charge in [-0.05, 0) is 23.7 Å². The molecule has 0 unspecified atom stereocenters. The molecule has 0 aliphatic carbocycles. The van der Waals surface area contributed by atoms with Crippen molar-refractivity contribution in [3.8, 4) is 11.3 Å². The summed E-state index contributed by atoms with van der Waals surface area (Å²) in [6.45, 7) is 2.26. The standard InChI is InChI=1S/C12H14ClN3OS/c1-17-7-6-14-8-11-12(15-16-18-11)9-2-4-10(13)5-3-9/h2-5,14H,6-8H2,1H3. The van der Waals surface area contributed by atoms with Gasteiger partial charge in [0.2, 0.25) is 0 Å². The number of aromatic nitrogens is 2. The van der Waals surface area contributed by atoms with E-state index in [0.717, 1.165) is 34.2 Å². The summed E-state index contributed by atoms with van der Waals surface area (Å²) in [5, 5.41) is 8.18. The highest BCUT2D eigenvalue weighted by molar-refractivity contribution is 7.05. The molecule has 2 rings (SSSR count). The van der Waals surface area contributed by atoms with E-state index in [0.29, 0.717) is 6.61 Å². The van der Waals surface area contributed by atoms with Crippen molar-refractivity contribution >= 4 is 23.1 Å². The third-order valence-electron chi connectivity index (χ3n) is 2.44. The first-order valence-corrected chi connectivity index (χ1v) is 6.73. The Balaban J connectivity index is 2.05. The van der Waals surface area contributed by atoms with E-state index in [1.165, 1.54) is 11.5 Å². The molecule has 1 aromatic carbocycles. The molecular weight excluding hydrogens is 270 g/mol. The number of ether oxygens (including phenoxy) is 1. The van der Waals surface area contributed by atoms with Crippen LogP contribution < -0.4 is 5.32 Å². The average Bonchev–Trinajstić information content (AvgIpc) is 2.84. The highest BCUT2D eigenvalue weighted by Crippen LogP contribution is 2.24. The SMILES string of the molecule is COCCNCc1snnc1-c1ccc(Cl)cc1.